The number of rotatable bonds is 3. The first-order chi connectivity index (χ1) is 9.82. The molecule has 1 heterocycles. The number of ether oxygens (including phenoxy) is 1. The number of halogens is 1. The second-order valence-corrected chi connectivity index (χ2v) is 6.50. The number of hydrogen-bond donors (Lipinski definition) is 1. The molecule has 1 aliphatic heterocycles. The number of sulfonamides is 1. The third kappa shape index (κ3) is 3.58. The smallest absolute Gasteiger partial charge is 0.256 e. The van der Waals surface area contributed by atoms with E-state index < -0.39 is 21.7 Å². The number of benzene rings is 1. The fourth-order valence-electron chi connectivity index (χ4n) is 2.33. The normalized spacial score (nSPS) is 19.6. The SMILES string of the molecule is COC1CCCN(C(=O)c2cc(S(N)(=O)=O)ccc2F)C1. The van der Waals surface area contributed by atoms with E-state index in [2.05, 4.69) is 0 Å². The molecule has 21 heavy (non-hydrogen) atoms. The quantitative estimate of drug-likeness (QED) is 0.890. The van der Waals surface area contributed by atoms with Gasteiger partial charge in [0.15, 0.2) is 0 Å². The summed E-state index contributed by atoms with van der Waals surface area (Å²) in [6, 6.07) is 2.95. The van der Waals surface area contributed by atoms with Gasteiger partial charge in [-0.15, -0.1) is 0 Å². The molecular weight excluding hydrogens is 299 g/mol. The summed E-state index contributed by atoms with van der Waals surface area (Å²) in [6.07, 6.45) is 1.49. The maximum absolute atomic E-state index is 13.8. The van der Waals surface area contributed by atoms with Gasteiger partial charge in [0.1, 0.15) is 5.82 Å². The third-order valence-corrected chi connectivity index (χ3v) is 4.41. The lowest BCUT2D eigenvalue weighted by Crippen LogP contribution is -2.43. The second kappa shape index (κ2) is 6.08. The highest BCUT2D eigenvalue weighted by molar-refractivity contribution is 7.89. The van der Waals surface area contributed by atoms with Crippen LogP contribution >= 0.6 is 0 Å². The molecule has 1 aromatic rings. The van der Waals surface area contributed by atoms with Crippen LogP contribution < -0.4 is 5.14 Å². The van der Waals surface area contributed by atoms with Crippen molar-refractivity contribution in [3.63, 3.8) is 0 Å². The molecule has 0 spiro atoms. The van der Waals surface area contributed by atoms with Crippen LogP contribution in [0.3, 0.4) is 0 Å². The Morgan fingerprint density at radius 1 is 1.48 bits per heavy atom. The maximum atomic E-state index is 13.8. The molecule has 0 saturated carbocycles. The van der Waals surface area contributed by atoms with Crippen molar-refractivity contribution in [2.45, 2.75) is 23.8 Å². The number of carbonyl (C=O) groups excluding carboxylic acids is 1. The van der Waals surface area contributed by atoms with Crippen molar-refractivity contribution in [3.8, 4) is 0 Å². The first-order valence-corrected chi connectivity index (χ1v) is 8.02. The number of likely N-dealkylation sites (tertiary alicyclic amines) is 1. The van der Waals surface area contributed by atoms with Crippen molar-refractivity contribution in [2.24, 2.45) is 5.14 Å². The molecule has 2 N–H and O–H groups in total. The molecule has 8 heteroatoms. The first kappa shape index (κ1) is 15.9. The van der Waals surface area contributed by atoms with E-state index in [1.54, 1.807) is 7.11 Å². The van der Waals surface area contributed by atoms with Crippen LogP contribution in [0.15, 0.2) is 23.1 Å². The van der Waals surface area contributed by atoms with Crippen LogP contribution in [0.25, 0.3) is 0 Å². The van der Waals surface area contributed by atoms with Gasteiger partial charge < -0.3 is 9.64 Å². The van der Waals surface area contributed by atoms with Gasteiger partial charge in [0, 0.05) is 20.2 Å². The molecule has 6 nitrogen and oxygen atoms in total. The third-order valence-electron chi connectivity index (χ3n) is 3.50. The van der Waals surface area contributed by atoms with Crippen LogP contribution in [0.2, 0.25) is 0 Å². The first-order valence-electron chi connectivity index (χ1n) is 6.47. The predicted octanol–water partition coefficient (Wildman–Crippen LogP) is 0.724. The number of nitrogens with two attached hydrogens (primary N) is 1. The van der Waals surface area contributed by atoms with Gasteiger partial charge in [0.25, 0.3) is 5.91 Å². The highest BCUT2D eigenvalue weighted by atomic mass is 32.2. The Hall–Kier alpha value is -1.51. The molecule has 1 aliphatic rings. The molecule has 0 radical (unpaired) electrons. The molecule has 116 valence electrons. The summed E-state index contributed by atoms with van der Waals surface area (Å²) in [7, 11) is -2.43. The van der Waals surface area contributed by atoms with Gasteiger partial charge in [0.05, 0.1) is 16.6 Å². The number of amides is 1. The maximum Gasteiger partial charge on any atom is 0.256 e. The fourth-order valence-corrected chi connectivity index (χ4v) is 2.87. The van der Waals surface area contributed by atoms with E-state index in [0.29, 0.717) is 13.1 Å². The van der Waals surface area contributed by atoms with Crippen molar-refractivity contribution in [1.29, 1.82) is 0 Å². The number of piperidine rings is 1. The number of methoxy groups -OCH3 is 1. The Bertz CT molecular complexity index is 648. The van der Waals surface area contributed by atoms with Crippen molar-refractivity contribution < 1.29 is 22.3 Å². The Morgan fingerprint density at radius 3 is 2.81 bits per heavy atom. The number of hydrogen-bond acceptors (Lipinski definition) is 4. The van der Waals surface area contributed by atoms with Gasteiger partial charge >= 0.3 is 0 Å². The van der Waals surface area contributed by atoms with Gasteiger partial charge in [-0.3, -0.25) is 4.79 Å². The molecule has 2 rings (SSSR count). The lowest BCUT2D eigenvalue weighted by molar-refractivity contribution is 0.0266. The standard InChI is InChI=1S/C13H17FN2O4S/c1-20-9-3-2-6-16(8-9)13(17)11-7-10(21(15,18)19)4-5-12(11)14/h4-5,7,9H,2-3,6,8H2,1H3,(H2,15,18,19). The van der Waals surface area contributed by atoms with Gasteiger partial charge in [-0.05, 0) is 31.0 Å². The van der Waals surface area contributed by atoms with E-state index in [-0.39, 0.29) is 16.6 Å². The zero-order valence-electron chi connectivity index (χ0n) is 11.6. The summed E-state index contributed by atoms with van der Waals surface area (Å²) < 4.78 is 41.6. The second-order valence-electron chi connectivity index (χ2n) is 4.94. The van der Waals surface area contributed by atoms with E-state index in [0.717, 1.165) is 31.0 Å². The van der Waals surface area contributed by atoms with Crippen LogP contribution in [-0.4, -0.2) is 45.5 Å². The highest BCUT2D eigenvalue weighted by Gasteiger charge is 2.26. The zero-order chi connectivity index (χ0) is 15.6. The van der Waals surface area contributed by atoms with Crippen molar-refractivity contribution >= 4 is 15.9 Å². The summed E-state index contributed by atoms with van der Waals surface area (Å²) in [6.45, 7) is 0.839. The van der Waals surface area contributed by atoms with E-state index in [1.165, 1.54) is 4.90 Å². The lowest BCUT2D eigenvalue weighted by Gasteiger charge is -2.32. The minimum absolute atomic E-state index is 0.0906. The van der Waals surface area contributed by atoms with Crippen LogP contribution in [0.4, 0.5) is 4.39 Å². The molecule has 1 fully saturated rings. The summed E-state index contributed by atoms with van der Waals surface area (Å²) in [5.74, 6) is -1.33. The number of nitrogens with zero attached hydrogens (tertiary/aromatic N) is 1. The van der Waals surface area contributed by atoms with E-state index in [9.17, 15) is 17.6 Å². The Labute approximate surface area is 122 Å². The molecule has 1 amide bonds. The molecule has 1 saturated heterocycles. The van der Waals surface area contributed by atoms with E-state index >= 15 is 0 Å². The van der Waals surface area contributed by atoms with Crippen molar-refractivity contribution in [1.82, 2.24) is 4.90 Å². The summed E-state index contributed by atoms with van der Waals surface area (Å²) >= 11 is 0. The zero-order valence-corrected chi connectivity index (χ0v) is 12.4. The van der Waals surface area contributed by atoms with Gasteiger partial charge in [-0.25, -0.2) is 17.9 Å². The number of carbonyl (C=O) groups is 1. The Balaban J connectivity index is 2.30. The summed E-state index contributed by atoms with van der Waals surface area (Å²) in [5.41, 5.74) is -0.293. The molecule has 1 atom stereocenters. The minimum Gasteiger partial charge on any atom is -0.380 e. The lowest BCUT2D eigenvalue weighted by atomic mass is 10.1. The predicted molar refractivity (Wildman–Crippen MR) is 73.7 cm³/mol. The summed E-state index contributed by atoms with van der Waals surface area (Å²) in [4.78, 5) is 13.5. The van der Waals surface area contributed by atoms with Crippen LogP contribution in [0.1, 0.15) is 23.2 Å². The highest BCUT2D eigenvalue weighted by Crippen LogP contribution is 2.19. The number of primary sulfonamides is 1. The molecular formula is C13H17FN2O4S. The minimum atomic E-state index is -3.98. The molecule has 0 aromatic heterocycles. The summed E-state index contributed by atoms with van der Waals surface area (Å²) in [5, 5.41) is 5.00. The van der Waals surface area contributed by atoms with E-state index in [4.69, 9.17) is 9.88 Å². The van der Waals surface area contributed by atoms with Crippen molar-refractivity contribution in [2.75, 3.05) is 20.2 Å². The average Bonchev–Trinajstić information content (AvgIpc) is 2.46. The fraction of sp³-hybridized carbons (Fsp3) is 0.462. The van der Waals surface area contributed by atoms with Gasteiger partial charge in [0.2, 0.25) is 10.0 Å². The monoisotopic (exact) mass is 316 g/mol. The van der Waals surface area contributed by atoms with Crippen LogP contribution in [0.5, 0.6) is 0 Å². The topological polar surface area (TPSA) is 89.7 Å². The van der Waals surface area contributed by atoms with Gasteiger partial charge in [-0.1, -0.05) is 0 Å². The van der Waals surface area contributed by atoms with Crippen LogP contribution in [0, 0.1) is 5.82 Å². The molecule has 1 unspecified atom stereocenters. The van der Waals surface area contributed by atoms with Gasteiger partial charge in [-0.2, -0.15) is 0 Å². The average molecular weight is 316 g/mol. The molecule has 0 bridgehead atoms. The van der Waals surface area contributed by atoms with Crippen LogP contribution in [-0.2, 0) is 14.8 Å². The Morgan fingerprint density at radius 2 is 2.19 bits per heavy atom. The van der Waals surface area contributed by atoms with E-state index in [1.807, 2.05) is 0 Å². The largest absolute Gasteiger partial charge is 0.380 e. The molecule has 0 aliphatic carbocycles. The molecule has 1 aromatic carbocycles. The van der Waals surface area contributed by atoms with Crippen molar-refractivity contribution in [3.05, 3.63) is 29.6 Å². The Kier molecular flexibility index (Phi) is 4.60.